The van der Waals surface area contributed by atoms with Gasteiger partial charge in [0.25, 0.3) is 11.5 Å². The number of fused-ring (bicyclic) bond motifs is 1. The molecule has 1 unspecified atom stereocenters. The zero-order valence-corrected chi connectivity index (χ0v) is 16.5. The van der Waals surface area contributed by atoms with Gasteiger partial charge in [0.2, 0.25) is 5.91 Å². The normalized spacial score (nSPS) is 18.5. The fraction of sp³-hybridized carbons (Fsp3) is 0.500. The molecular weight excluding hydrogens is 398 g/mol. The highest BCUT2D eigenvalue weighted by Crippen LogP contribution is 2.29. The number of ether oxygens (including phenoxy) is 1. The minimum absolute atomic E-state index is 0.0768. The highest BCUT2D eigenvalue weighted by Gasteiger charge is 2.27. The van der Waals surface area contributed by atoms with Gasteiger partial charge in [-0.1, -0.05) is 11.3 Å². The van der Waals surface area contributed by atoms with Crippen LogP contribution in [0.1, 0.15) is 29.8 Å². The first-order valence-corrected chi connectivity index (χ1v) is 10.3. The summed E-state index contributed by atoms with van der Waals surface area (Å²) in [6, 6.07) is 1.25. The summed E-state index contributed by atoms with van der Waals surface area (Å²) in [5.41, 5.74) is -0.0902. The van der Waals surface area contributed by atoms with Crippen LogP contribution in [0.4, 0.5) is 5.13 Å². The lowest BCUT2D eigenvalue weighted by molar-refractivity contribution is -0.132. The molecule has 0 saturated carbocycles. The molecule has 4 rings (SSSR count). The number of rotatable bonds is 5. The quantitative estimate of drug-likeness (QED) is 0.707. The molecule has 2 aromatic heterocycles. The van der Waals surface area contributed by atoms with Crippen LogP contribution in [0, 0.1) is 0 Å². The van der Waals surface area contributed by atoms with Gasteiger partial charge in [0.1, 0.15) is 6.10 Å². The highest BCUT2D eigenvalue weighted by molar-refractivity contribution is 7.15. The Morgan fingerprint density at radius 1 is 1.38 bits per heavy atom. The van der Waals surface area contributed by atoms with Crippen LogP contribution in [0.25, 0.3) is 0 Å². The fourth-order valence-electron chi connectivity index (χ4n) is 3.43. The Balaban J connectivity index is 1.34. The van der Waals surface area contributed by atoms with E-state index < -0.39 is 17.4 Å². The molecule has 0 bridgehead atoms. The monoisotopic (exact) mass is 419 g/mol. The van der Waals surface area contributed by atoms with Crippen LogP contribution in [0.3, 0.4) is 0 Å². The number of carbonyl (C=O) groups excluding carboxylic acids is 2. The zero-order chi connectivity index (χ0) is 20.4. The first-order chi connectivity index (χ1) is 14.0. The summed E-state index contributed by atoms with van der Waals surface area (Å²) in [7, 11) is 0. The smallest absolute Gasteiger partial charge is 0.328 e. The largest absolute Gasteiger partial charge is 0.368 e. The minimum atomic E-state index is -0.527. The second kappa shape index (κ2) is 8.29. The van der Waals surface area contributed by atoms with Crippen molar-refractivity contribution in [2.24, 2.45) is 0 Å². The number of hydrogen-bond donors (Lipinski definition) is 2. The van der Waals surface area contributed by atoms with E-state index in [1.54, 1.807) is 4.90 Å². The lowest BCUT2D eigenvalue weighted by Gasteiger charge is -2.26. The first-order valence-electron chi connectivity index (χ1n) is 9.48. The van der Waals surface area contributed by atoms with Gasteiger partial charge in [-0.05, 0) is 12.8 Å². The predicted octanol–water partition coefficient (Wildman–Crippen LogP) is 0.0856. The number of thiazole rings is 1. The summed E-state index contributed by atoms with van der Waals surface area (Å²) in [5.74, 6) is -0.250. The average Bonchev–Trinajstić information content (AvgIpc) is 3.36. The maximum Gasteiger partial charge on any atom is 0.328 e. The van der Waals surface area contributed by atoms with Gasteiger partial charge in [-0.2, -0.15) is 0 Å². The maximum absolute atomic E-state index is 12.6. The van der Waals surface area contributed by atoms with Gasteiger partial charge in [-0.3, -0.25) is 24.7 Å². The van der Waals surface area contributed by atoms with Gasteiger partial charge >= 0.3 is 5.69 Å². The second-order valence-corrected chi connectivity index (χ2v) is 8.08. The molecule has 0 radical (unpaired) electrons. The van der Waals surface area contributed by atoms with E-state index in [-0.39, 0.29) is 24.8 Å². The van der Waals surface area contributed by atoms with E-state index in [0.29, 0.717) is 31.2 Å². The summed E-state index contributed by atoms with van der Waals surface area (Å²) in [4.78, 5) is 56.9. The van der Waals surface area contributed by atoms with E-state index in [0.717, 1.165) is 23.4 Å². The number of hydrogen-bond acceptors (Lipinski definition) is 7. The van der Waals surface area contributed by atoms with E-state index in [1.807, 2.05) is 0 Å². The van der Waals surface area contributed by atoms with Crippen molar-refractivity contribution in [3.63, 3.8) is 0 Å². The summed E-state index contributed by atoms with van der Waals surface area (Å²) in [5, 5.41) is 3.35. The van der Waals surface area contributed by atoms with Gasteiger partial charge in [0.15, 0.2) is 5.13 Å². The summed E-state index contributed by atoms with van der Waals surface area (Å²) < 4.78 is 6.69. The third kappa shape index (κ3) is 4.46. The van der Waals surface area contributed by atoms with Crippen LogP contribution in [0.5, 0.6) is 0 Å². The number of H-pyrrole nitrogens is 1. The molecule has 1 fully saturated rings. The van der Waals surface area contributed by atoms with Crippen molar-refractivity contribution < 1.29 is 14.3 Å². The standard InChI is InChI=1S/C18H21N5O5S/c24-14-4-7-22(18(27)20-14)8-5-15(25)23-6-3-11-13(10-23)29-17(19-11)21-16(26)12-2-1-9-28-12/h4,7,12H,1-3,5-6,8-10H2,(H,19,21,26)(H,20,24,27). The van der Waals surface area contributed by atoms with Gasteiger partial charge < -0.3 is 14.2 Å². The molecular formula is C18H21N5O5S. The maximum atomic E-state index is 12.6. The lowest BCUT2D eigenvalue weighted by Crippen LogP contribution is -2.37. The van der Waals surface area contributed by atoms with Crippen molar-refractivity contribution in [1.29, 1.82) is 0 Å². The Labute approximate surface area is 169 Å². The molecule has 29 heavy (non-hydrogen) atoms. The van der Waals surface area contributed by atoms with Crippen molar-refractivity contribution >= 4 is 28.3 Å². The number of amides is 2. The highest BCUT2D eigenvalue weighted by atomic mass is 32.1. The van der Waals surface area contributed by atoms with Crippen LogP contribution in [0.15, 0.2) is 21.9 Å². The lowest BCUT2D eigenvalue weighted by atomic mass is 10.1. The van der Waals surface area contributed by atoms with Gasteiger partial charge in [-0.15, -0.1) is 0 Å². The van der Waals surface area contributed by atoms with E-state index in [2.05, 4.69) is 15.3 Å². The van der Waals surface area contributed by atoms with Crippen LogP contribution >= 0.6 is 11.3 Å². The Kier molecular flexibility index (Phi) is 5.58. The molecule has 2 amide bonds. The van der Waals surface area contributed by atoms with Crippen molar-refractivity contribution in [3.05, 3.63) is 43.7 Å². The molecule has 1 atom stereocenters. The summed E-state index contributed by atoms with van der Waals surface area (Å²) in [6.07, 6.45) is 3.35. The SMILES string of the molecule is O=C(Nc1nc2c(s1)CN(C(=O)CCn1ccc(=O)[nH]c1=O)CC2)C1CCCO1. The number of anilines is 1. The third-order valence-corrected chi connectivity index (χ3v) is 6.00. The minimum Gasteiger partial charge on any atom is -0.368 e. The molecule has 2 N–H and O–H groups in total. The second-order valence-electron chi connectivity index (χ2n) is 7.00. The third-order valence-electron chi connectivity index (χ3n) is 5.00. The van der Waals surface area contributed by atoms with Crippen molar-refractivity contribution in [2.45, 2.75) is 44.9 Å². The van der Waals surface area contributed by atoms with E-state index in [9.17, 15) is 19.2 Å². The molecule has 4 heterocycles. The summed E-state index contributed by atoms with van der Waals surface area (Å²) in [6.45, 7) is 1.77. The molecule has 0 aromatic carbocycles. The zero-order valence-electron chi connectivity index (χ0n) is 15.7. The van der Waals surface area contributed by atoms with Gasteiger partial charge in [0, 0.05) is 49.7 Å². The summed E-state index contributed by atoms with van der Waals surface area (Å²) >= 11 is 1.37. The molecule has 2 aliphatic heterocycles. The Hall–Kier alpha value is -2.79. The average molecular weight is 419 g/mol. The molecule has 154 valence electrons. The molecule has 0 aliphatic carbocycles. The van der Waals surface area contributed by atoms with Crippen LogP contribution in [-0.4, -0.2) is 50.5 Å². The number of aryl methyl sites for hydroxylation is 1. The molecule has 2 aromatic rings. The molecule has 1 saturated heterocycles. The van der Waals surface area contributed by atoms with Crippen molar-refractivity contribution in [3.8, 4) is 0 Å². The number of aromatic amines is 1. The number of carbonyl (C=O) groups is 2. The predicted molar refractivity (Wildman–Crippen MR) is 105 cm³/mol. The van der Waals surface area contributed by atoms with Crippen LogP contribution < -0.4 is 16.6 Å². The van der Waals surface area contributed by atoms with E-state index in [4.69, 9.17) is 4.74 Å². The molecule has 2 aliphatic rings. The Morgan fingerprint density at radius 3 is 3.00 bits per heavy atom. The number of nitrogens with zero attached hydrogens (tertiary/aromatic N) is 3. The van der Waals surface area contributed by atoms with Gasteiger partial charge in [0.05, 0.1) is 12.2 Å². The number of nitrogens with one attached hydrogen (secondary N) is 2. The molecule has 0 spiro atoms. The van der Waals surface area contributed by atoms with Crippen LogP contribution in [0.2, 0.25) is 0 Å². The Bertz CT molecular complexity index is 1040. The first kappa shape index (κ1) is 19.5. The van der Waals surface area contributed by atoms with Crippen LogP contribution in [-0.2, 0) is 33.8 Å². The van der Waals surface area contributed by atoms with Crippen molar-refractivity contribution in [1.82, 2.24) is 19.4 Å². The van der Waals surface area contributed by atoms with Gasteiger partial charge in [-0.25, -0.2) is 9.78 Å². The molecule has 11 heteroatoms. The topological polar surface area (TPSA) is 126 Å². The van der Waals surface area contributed by atoms with E-state index in [1.165, 1.54) is 28.2 Å². The van der Waals surface area contributed by atoms with E-state index >= 15 is 0 Å². The fourth-order valence-corrected chi connectivity index (χ4v) is 4.45. The Morgan fingerprint density at radius 2 is 2.24 bits per heavy atom. The number of aromatic nitrogens is 3. The molecule has 10 nitrogen and oxygen atoms in total. The van der Waals surface area contributed by atoms with Crippen molar-refractivity contribution in [2.75, 3.05) is 18.5 Å².